The number of fused-ring (bicyclic) bond motifs is 3. The molecule has 0 saturated heterocycles. The number of esters is 2. The van der Waals surface area contributed by atoms with E-state index in [2.05, 4.69) is 13.0 Å². The van der Waals surface area contributed by atoms with Gasteiger partial charge in [-0.25, -0.2) is 9.59 Å². The molecule has 0 aliphatic heterocycles. The molecule has 5 heteroatoms. The summed E-state index contributed by atoms with van der Waals surface area (Å²) in [6.45, 7) is 4.14. The molecule has 0 spiro atoms. The van der Waals surface area contributed by atoms with Gasteiger partial charge in [0.25, 0.3) is 0 Å². The van der Waals surface area contributed by atoms with Crippen LogP contribution in [0.25, 0.3) is 16.3 Å². The maximum absolute atomic E-state index is 12.5. The van der Waals surface area contributed by atoms with Crippen LogP contribution in [0.5, 0.6) is 0 Å². The van der Waals surface area contributed by atoms with Gasteiger partial charge < -0.3 is 13.9 Å². The van der Waals surface area contributed by atoms with Gasteiger partial charge in [-0.15, -0.1) is 0 Å². The molecule has 0 fully saturated rings. The van der Waals surface area contributed by atoms with Gasteiger partial charge in [-0.2, -0.15) is 0 Å². The quantitative estimate of drug-likeness (QED) is 0.679. The zero-order valence-electron chi connectivity index (χ0n) is 14.9. The molecule has 0 bridgehead atoms. The van der Waals surface area contributed by atoms with Crippen molar-refractivity contribution in [3.05, 3.63) is 52.8 Å². The lowest BCUT2D eigenvalue weighted by Crippen LogP contribution is -2.15. The van der Waals surface area contributed by atoms with Gasteiger partial charge in [0, 0.05) is 11.1 Å². The highest BCUT2D eigenvalue weighted by Gasteiger charge is 2.27. The highest BCUT2D eigenvalue weighted by atomic mass is 16.5. The van der Waals surface area contributed by atoms with Crippen LogP contribution in [-0.4, -0.2) is 30.6 Å². The summed E-state index contributed by atoms with van der Waals surface area (Å²) in [5.74, 6) is -1.10. The Morgan fingerprint density at radius 3 is 2.16 bits per heavy atom. The highest BCUT2D eigenvalue weighted by Crippen LogP contribution is 2.32. The molecule has 25 heavy (non-hydrogen) atoms. The number of carbonyl (C=O) groups is 2. The minimum absolute atomic E-state index is 0.224. The normalized spacial score (nSPS) is 11.0. The van der Waals surface area contributed by atoms with Gasteiger partial charge in [0.1, 0.15) is 5.69 Å². The van der Waals surface area contributed by atoms with Crippen LogP contribution in [0.15, 0.2) is 30.3 Å². The van der Waals surface area contributed by atoms with Crippen LogP contribution in [0.3, 0.4) is 0 Å². The smallest absolute Gasteiger partial charge is 0.355 e. The zero-order valence-corrected chi connectivity index (χ0v) is 14.9. The van der Waals surface area contributed by atoms with Crippen molar-refractivity contribution in [3.63, 3.8) is 0 Å². The van der Waals surface area contributed by atoms with E-state index >= 15 is 0 Å². The summed E-state index contributed by atoms with van der Waals surface area (Å²) in [5.41, 5.74) is 3.43. The first kappa shape index (κ1) is 17.0. The molecule has 2 aromatic heterocycles. The van der Waals surface area contributed by atoms with E-state index < -0.39 is 11.9 Å². The van der Waals surface area contributed by atoms with Crippen molar-refractivity contribution < 1.29 is 19.1 Å². The summed E-state index contributed by atoms with van der Waals surface area (Å²) in [6, 6.07) is 9.76. The first-order valence-electron chi connectivity index (χ1n) is 8.33. The molecule has 5 nitrogen and oxygen atoms in total. The van der Waals surface area contributed by atoms with Gasteiger partial charge in [0.2, 0.25) is 0 Å². The van der Waals surface area contributed by atoms with Gasteiger partial charge in [-0.1, -0.05) is 38.1 Å². The van der Waals surface area contributed by atoms with Crippen molar-refractivity contribution >= 4 is 28.2 Å². The van der Waals surface area contributed by atoms with Crippen molar-refractivity contribution in [1.82, 2.24) is 4.40 Å². The lowest BCUT2D eigenvalue weighted by molar-refractivity contribution is 0.0550. The Morgan fingerprint density at radius 2 is 1.60 bits per heavy atom. The number of hydrogen-bond acceptors (Lipinski definition) is 4. The van der Waals surface area contributed by atoms with Crippen LogP contribution in [0, 0.1) is 0 Å². The van der Waals surface area contributed by atoms with Gasteiger partial charge in [0.05, 0.1) is 25.3 Å². The number of methoxy groups -OCH3 is 2. The number of rotatable bonds is 4. The molecule has 0 aliphatic carbocycles. The largest absolute Gasteiger partial charge is 0.465 e. The average molecular weight is 339 g/mol. The van der Waals surface area contributed by atoms with E-state index in [4.69, 9.17) is 9.47 Å². The third-order valence-corrected chi connectivity index (χ3v) is 4.62. The number of nitrogens with zero attached hydrogens (tertiary/aromatic N) is 1. The molecule has 3 rings (SSSR count). The number of ether oxygens (including phenoxy) is 2. The molecule has 130 valence electrons. The van der Waals surface area contributed by atoms with Crippen LogP contribution in [-0.2, 0) is 22.3 Å². The van der Waals surface area contributed by atoms with Gasteiger partial charge in [-0.05, 0) is 29.9 Å². The Bertz CT molecular complexity index is 984. The summed E-state index contributed by atoms with van der Waals surface area (Å²) in [6.07, 6.45) is 1.55. The maximum atomic E-state index is 12.5. The van der Waals surface area contributed by atoms with Crippen molar-refractivity contribution in [2.45, 2.75) is 26.7 Å². The van der Waals surface area contributed by atoms with Gasteiger partial charge in [0.15, 0.2) is 0 Å². The van der Waals surface area contributed by atoms with Crippen molar-refractivity contribution in [1.29, 1.82) is 0 Å². The Kier molecular flexibility index (Phi) is 4.49. The van der Waals surface area contributed by atoms with Crippen molar-refractivity contribution in [3.8, 4) is 0 Å². The minimum Gasteiger partial charge on any atom is -0.465 e. The summed E-state index contributed by atoms with van der Waals surface area (Å²) < 4.78 is 11.7. The fraction of sp³-hybridized carbons (Fsp3) is 0.300. The van der Waals surface area contributed by atoms with Crippen molar-refractivity contribution in [2.24, 2.45) is 0 Å². The Labute approximate surface area is 146 Å². The second-order valence-electron chi connectivity index (χ2n) is 5.79. The SMILES string of the molecule is CCc1c(CC)n2c(C(=O)OC)c(C(=O)OC)cc2c2ccccc12. The molecule has 0 saturated carbocycles. The number of carbonyl (C=O) groups excluding carboxylic acids is 2. The highest BCUT2D eigenvalue weighted by molar-refractivity contribution is 6.08. The number of aromatic nitrogens is 1. The summed E-state index contributed by atoms with van der Waals surface area (Å²) in [5, 5.41) is 2.14. The second kappa shape index (κ2) is 6.59. The third kappa shape index (κ3) is 2.47. The molecular formula is C20H21NO4. The Morgan fingerprint density at radius 1 is 0.960 bits per heavy atom. The maximum Gasteiger partial charge on any atom is 0.355 e. The third-order valence-electron chi connectivity index (χ3n) is 4.62. The monoisotopic (exact) mass is 339 g/mol. The van der Waals surface area contributed by atoms with Gasteiger partial charge in [-0.3, -0.25) is 0 Å². The fourth-order valence-corrected chi connectivity index (χ4v) is 3.58. The van der Waals surface area contributed by atoms with E-state index in [1.807, 2.05) is 29.5 Å². The topological polar surface area (TPSA) is 57.0 Å². The van der Waals surface area contributed by atoms with E-state index in [9.17, 15) is 9.59 Å². The summed E-state index contributed by atoms with van der Waals surface area (Å²) in [4.78, 5) is 24.8. The zero-order chi connectivity index (χ0) is 18.1. The van der Waals surface area contributed by atoms with Crippen LogP contribution < -0.4 is 0 Å². The molecule has 0 amide bonds. The molecule has 0 N–H and O–H groups in total. The summed E-state index contributed by atoms with van der Waals surface area (Å²) in [7, 11) is 2.62. The first-order valence-corrected chi connectivity index (χ1v) is 8.33. The predicted octanol–water partition coefficient (Wildman–Crippen LogP) is 3.79. The second-order valence-corrected chi connectivity index (χ2v) is 5.79. The molecule has 3 aromatic rings. The van der Waals surface area contributed by atoms with E-state index in [1.165, 1.54) is 19.8 Å². The lowest BCUT2D eigenvalue weighted by atomic mass is 9.99. The van der Waals surface area contributed by atoms with Gasteiger partial charge >= 0.3 is 11.9 Å². The van der Waals surface area contributed by atoms with E-state index in [1.54, 1.807) is 6.07 Å². The molecule has 0 atom stereocenters. The molecular weight excluding hydrogens is 318 g/mol. The minimum atomic E-state index is -0.549. The van der Waals surface area contributed by atoms with Crippen LogP contribution in [0.2, 0.25) is 0 Å². The number of hydrogen-bond donors (Lipinski definition) is 0. The van der Waals surface area contributed by atoms with E-state index in [0.29, 0.717) is 0 Å². The fourth-order valence-electron chi connectivity index (χ4n) is 3.58. The van der Waals surface area contributed by atoms with E-state index in [-0.39, 0.29) is 11.3 Å². The van der Waals surface area contributed by atoms with Crippen LogP contribution in [0.4, 0.5) is 0 Å². The molecule has 0 radical (unpaired) electrons. The number of pyridine rings is 1. The standard InChI is InChI=1S/C20H21NO4/c1-5-12-13-9-7-8-10-14(13)17-11-15(19(22)24-3)18(20(23)25-4)21(17)16(12)6-2/h7-11H,5-6H2,1-4H3. The molecule has 1 aromatic carbocycles. The van der Waals surface area contributed by atoms with Crippen molar-refractivity contribution in [2.75, 3.05) is 14.2 Å². The average Bonchev–Trinajstić information content (AvgIpc) is 3.06. The molecule has 2 heterocycles. The Balaban J connectivity index is 2.60. The molecule has 0 aliphatic rings. The van der Waals surface area contributed by atoms with Crippen LogP contribution >= 0.6 is 0 Å². The first-order chi connectivity index (χ1) is 12.1. The Hall–Kier alpha value is -2.82. The number of aryl methyl sites for hydroxylation is 2. The van der Waals surface area contributed by atoms with Crippen LogP contribution in [0.1, 0.15) is 46.0 Å². The lowest BCUT2D eigenvalue weighted by Gasteiger charge is -2.16. The molecule has 0 unspecified atom stereocenters. The predicted molar refractivity (Wildman–Crippen MR) is 96.3 cm³/mol. The summed E-state index contributed by atoms with van der Waals surface area (Å²) >= 11 is 0. The number of benzene rings is 1. The van der Waals surface area contributed by atoms with E-state index in [0.717, 1.165) is 34.8 Å².